The van der Waals surface area contributed by atoms with Gasteiger partial charge in [-0.15, -0.1) is 12.6 Å². The zero-order chi connectivity index (χ0) is 13.2. The Kier molecular flexibility index (Phi) is 7.48. The lowest BCUT2D eigenvalue weighted by Crippen LogP contribution is -2.14. The monoisotopic (exact) mass is 270 g/mol. The summed E-state index contributed by atoms with van der Waals surface area (Å²) in [7, 11) is 1.61. The molecule has 0 aliphatic carbocycles. The summed E-state index contributed by atoms with van der Waals surface area (Å²) in [6.07, 6.45) is 0.270. The maximum Gasteiger partial charge on any atom is 0.310 e. The third-order valence-electron chi connectivity index (χ3n) is 2.21. The summed E-state index contributed by atoms with van der Waals surface area (Å²) in [5.41, 5.74) is 0.915. The fourth-order valence-electron chi connectivity index (χ4n) is 1.29. The summed E-state index contributed by atoms with van der Waals surface area (Å²) in [6.45, 7) is 1.72. The number of ether oxygens (including phenoxy) is 3. The van der Waals surface area contributed by atoms with Crippen molar-refractivity contribution >= 4 is 18.6 Å². The van der Waals surface area contributed by atoms with E-state index in [1.54, 1.807) is 7.11 Å². The van der Waals surface area contributed by atoms with E-state index in [4.69, 9.17) is 14.2 Å². The summed E-state index contributed by atoms with van der Waals surface area (Å²) in [5.74, 6) is -0.253. The summed E-state index contributed by atoms with van der Waals surface area (Å²) in [4.78, 5) is 12.3. The quantitative estimate of drug-likeness (QED) is 0.444. The number of carbonyl (C=O) groups is 1. The van der Waals surface area contributed by atoms with Gasteiger partial charge in [0, 0.05) is 12.0 Å². The summed E-state index contributed by atoms with van der Waals surface area (Å²) in [6, 6.07) is 7.41. The van der Waals surface area contributed by atoms with Crippen LogP contribution in [0.25, 0.3) is 0 Å². The van der Waals surface area contributed by atoms with Crippen molar-refractivity contribution in [2.75, 3.05) is 33.5 Å². The van der Waals surface area contributed by atoms with E-state index in [9.17, 15) is 4.79 Å². The SMILES string of the molecule is COCCOCCOC(=O)Cc1ccc(S)cc1. The molecule has 18 heavy (non-hydrogen) atoms. The van der Waals surface area contributed by atoms with Crippen LogP contribution in [0, 0.1) is 0 Å². The molecule has 1 aromatic carbocycles. The predicted octanol–water partition coefficient (Wildman–Crippen LogP) is 1.72. The highest BCUT2D eigenvalue weighted by molar-refractivity contribution is 7.80. The maximum atomic E-state index is 11.5. The van der Waals surface area contributed by atoms with Crippen molar-refractivity contribution in [1.82, 2.24) is 0 Å². The van der Waals surface area contributed by atoms with E-state index >= 15 is 0 Å². The Hall–Kier alpha value is -1.04. The molecule has 5 heteroatoms. The lowest BCUT2D eigenvalue weighted by Gasteiger charge is -2.06. The molecule has 0 aliphatic rings. The van der Waals surface area contributed by atoms with Crippen molar-refractivity contribution < 1.29 is 19.0 Å². The minimum Gasteiger partial charge on any atom is -0.463 e. The Morgan fingerprint density at radius 3 is 2.44 bits per heavy atom. The molecule has 0 spiro atoms. The van der Waals surface area contributed by atoms with E-state index in [1.165, 1.54) is 0 Å². The van der Waals surface area contributed by atoms with Gasteiger partial charge in [0.2, 0.25) is 0 Å². The standard InChI is InChI=1S/C13H18O4S/c1-15-6-7-16-8-9-17-13(14)10-11-2-4-12(18)5-3-11/h2-5,18H,6-10H2,1H3. The summed E-state index contributed by atoms with van der Waals surface area (Å²) < 4.78 is 15.0. The first-order chi connectivity index (χ1) is 8.72. The molecule has 0 heterocycles. The van der Waals surface area contributed by atoms with Crippen LogP contribution in [-0.2, 0) is 25.4 Å². The fourth-order valence-corrected chi connectivity index (χ4v) is 1.44. The van der Waals surface area contributed by atoms with Crippen LogP contribution in [0.1, 0.15) is 5.56 Å². The minimum atomic E-state index is -0.253. The molecular formula is C13H18O4S. The minimum absolute atomic E-state index is 0.253. The topological polar surface area (TPSA) is 44.8 Å². The molecule has 0 saturated carbocycles. The van der Waals surface area contributed by atoms with E-state index in [1.807, 2.05) is 24.3 Å². The van der Waals surface area contributed by atoms with E-state index in [-0.39, 0.29) is 19.0 Å². The van der Waals surface area contributed by atoms with Crippen LogP contribution in [0.5, 0.6) is 0 Å². The molecule has 0 aromatic heterocycles. The zero-order valence-corrected chi connectivity index (χ0v) is 11.3. The first kappa shape index (κ1) is 15.0. The first-order valence-electron chi connectivity index (χ1n) is 5.72. The highest BCUT2D eigenvalue weighted by Crippen LogP contribution is 2.08. The number of hydrogen-bond donors (Lipinski definition) is 1. The highest BCUT2D eigenvalue weighted by Gasteiger charge is 2.04. The van der Waals surface area contributed by atoms with Crippen molar-refractivity contribution in [2.24, 2.45) is 0 Å². The first-order valence-corrected chi connectivity index (χ1v) is 6.17. The molecule has 100 valence electrons. The van der Waals surface area contributed by atoms with Gasteiger partial charge in [-0.2, -0.15) is 0 Å². The van der Waals surface area contributed by atoms with Crippen LogP contribution < -0.4 is 0 Å². The number of carbonyl (C=O) groups excluding carboxylic acids is 1. The molecule has 0 aliphatic heterocycles. The van der Waals surface area contributed by atoms with Crippen LogP contribution in [0.3, 0.4) is 0 Å². The van der Waals surface area contributed by atoms with Crippen LogP contribution >= 0.6 is 12.6 Å². The molecule has 0 unspecified atom stereocenters. The van der Waals surface area contributed by atoms with Gasteiger partial charge in [-0.05, 0) is 17.7 Å². The Balaban J connectivity index is 2.12. The Morgan fingerprint density at radius 2 is 1.78 bits per heavy atom. The Morgan fingerprint density at radius 1 is 1.11 bits per heavy atom. The van der Waals surface area contributed by atoms with Crippen molar-refractivity contribution in [2.45, 2.75) is 11.3 Å². The van der Waals surface area contributed by atoms with Crippen LogP contribution in [-0.4, -0.2) is 39.5 Å². The van der Waals surface area contributed by atoms with E-state index in [2.05, 4.69) is 12.6 Å². The molecule has 0 radical (unpaired) electrons. The number of thiol groups is 1. The lowest BCUT2D eigenvalue weighted by molar-refractivity contribution is -0.144. The van der Waals surface area contributed by atoms with Crippen molar-refractivity contribution in [1.29, 1.82) is 0 Å². The molecule has 0 amide bonds. The van der Waals surface area contributed by atoms with Gasteiger partial charge in [0.25, 0.3) is 0 Å². The molecule has 1 aromatic rings. The van der Waals surface area contributed by atoms with Gasteiger partial charge < -0.3 is 14.2 Å². The zero-order valence-electron chi connectivity index (χ0n) is 10.4. The molecule has 0 bridgehead atoms. The average molecular weight is 270 g/mol. The average Bonchev–Trinajstić information content (AvgIpc) is 2.36. The molecule has 0 atom stereocenters. The number of hydrogen-bond acceptors (Lipinski definition) is 5. The largest absolute Gasteiger partial charge is 0.463 e. The van der Waals surface area contributed by atoms with Gasteiger partial charge >= 0.3 is 5.97 Å². The second kappa shape index (κ2) is 8.97. The number of rotatable bonds is 8. The predicted molar refractivity (Wildman–Crippen MR) is 71.1 cm³/mol. The van der Waals surface area contributed by atoms with Gasteiger partial charge in [0.05, 0.1) is 26.2 Å². The van der Waals surface area contributed by atoms with E-state index < -0.39 is 0 Å². The normalized spacial score (nSPS) is 10.3. The maximum absolute atomic E-state index is 11.5. The van der Waals surface area contributed by atoms with Crippen molar-refractivity contribution in [3.63, 3.8) is 0 Å². The second-order valence-electron chi connectivity index (χ2n) is 3.67. The van der Waals surface area contributed by atoms with Gasteiger partial charge in [-0.3, -0.25) is 4.79 Å². The third-order valence-corrected chi connectivity index (χ3v) is 2.51. The van der Waals surface area contributed by atoms with E-state index in [0.717, 1.165) is 10.5 Å². The fraction of sp³-hybridized carbons (Fsp3) is 0.462. The van der Waals surface area contributed by atoms with Gasteiger partial charge in [-0.25, -0.2) is 0 Å². The molecule has 4 nitrogen and oxygen atoms in total. The number of methoxy groups -OCH3 is 1. The Bertz CT molecular complexity index is 351. The van der Waals surface area contributed by atoms with Crippen molar-refractivity contribution in [3.05, 3.63) is 29.8 Å². The summed E-state index contributed by atoms with van der Waals surface area (Å²) >= 11 is 4.18. The van der Waals surface area contributed by atoms with Gasteiger partial charge in [0.15, 0.2) is 0 Å². The summed E-state index contributed by atoms with van der Waals surface area (Å²) in [5, 5.41) is 0. The van der Waals surface area contributed by atoms with Crippen LogP contribution in [0.4, 0.5) is 0 Å². The van der Waals surface area contributed by atoms with Gasteiger partial charge in [-0.1, -0.05) is 12.1 Å². The number of esters is 1. The highest BCUT2D eigenvalue weighted by atomic mass is 32.1. The molecule has 1 rings (SSSR count). The Labute approximate surface area is 113 Å². The number of benzene rings is 1. The third kappa shape index (κ3) is 6.64. The van der Waals surface area contributed by atoms with Gasteiger partial charge in [0.1, 0.15) is 6.61 Å². The molecule has 0 N–H and O–H groups in total. The smallest absolute Gasteiger partial charge is 0.310 e. The molecule has 0 fully saturated rings. The second-order valence-corrected chi connectivity index (χ2v) is 4.19. The van der Waals surface area contributed by atoms with Crippen LogP contribution in [0.15, 0.2) is 29.2 Å². The molecule has 0 saturated heterocycles. The van der Waals surface area contributed by atoms with E-state index in [0.29, 0.717) is 19.8 Å². The lowest BCUT2D eigenvalue weighted by atomic mass is 10.1. The van der Waals surface area contributed by atoms with Crippen molar-refractivity contribution in [3.8, 4) is 0 Å². The van der Waals surface area contributed by atoms with Crippen LogP contribution in [0.2, 0.25) is 0 Å². The molecular weight excluding hydrogens is 252 g/mol.